The Balaban J connectivity index is 2.33. The van der Waals surface area contributed by atoms with Gasteiger partial charge in [-0.15, -0.1) is 24.9 Å². The van der Waals surface area contributed by atoms with Crippen LogP contribution in [0.5, 0.6) is 5.75 Å². The summed E-state index contributed by atoms with van der Waals surface area (Å²) in [6.45, 7) is 4.65. The fraction of sp³-hybridized carbons (Fsp3) is 0.368. The van der Waals surface area contributed by atoms with Crippen molar-refractivity contribution in [2.24, 2.45) is 0 Å². The summed E-state index contributed by atoms with van der Waals surface area (Å²) in [4.78, 5) is -0.506. The maximum absolute atomic E-state index is 13.6. The molecule has 0 saturated carbocycles. The van der Waals surface area contributed by atoms with Crippen molar-refractivity contribution in [1.82, 2.24) is 4.72 Å². The minimum absolute atomic E-state index is 0.222. The van der Waals surface area contributed by atoms with E-state index in [1.54, 1.807) is 11.6 Å². The number of alkyl halides is 6. The average Bonchev–Trinajstić information content (AvgIpc) is 2.56. The molecule has 178 valence electrons. The van der Waals surface area contributed by atoms with Crippen molar-refractivity contribution in [3.05, 3.63) is 51.5 Å². The molecule has 1 unspecified atom stereocenters. The second-order valence-electron chi connectivity index (χ2n) is 6.89. The molecule has 32 heavy (non-hydrogen) atoms. The molecule has 1 atom stereocenters. The molecular weight excluding hydrogens is 548 g/mol. The van der Waals surface area contributed by atoms with Gasteiger partial charge in [0.15, 0.2) is 0 Å². The van der Waals surface area contributed by atoms with E-state index in [0.717, 1.165) is 17.7 Å². The Hall–Kier alpha value is -1.44. The first kappa shape index (κ1) is 26.8. The van der Waals surface area contributed by atoms with Gasteiger partial charge in [0.25, 0.3) is 0 Å². The number of ether oxygens (including phenoxy) is 1. The minimum Gasteiger partial charge on any atom is -0.405 e. The molecule has 0 aliphatic heterocycles. The van der Waals surface area contributed by atoms with Crippen LogP contribution < -0.4 is 9.46 Å². The molecule has 0 heterocycles. The zero-order valence-corrected chi connectivity index (χ0v) is 20.1. The van der Waals surface area contributed by atoms with E-state index >= 15 is 0 Å². The number of nitrogens with one attached hydrogen (secondary N) is 1. The highest BCUT2D eigenvalue weighted by molar-refractivity contribution is 9.10. The lowest BCUT2D eigenvalue weighted by atomic mass is 10.1. The van der Waals surface area contributed by atoms with E-state index in [-0.39, 0.29) is 25.4 Å². The van der Waals surface area contributed by atoms with Crippen molar-refractivity contribution < 1.29 is 39.5 Å². The number of aryl methyl sites for hydroxylation is 3. The number of hydrogen-bond acceptors (Lipinski definition) is 4. The van der Waals surface area contributed by atoms with Gasteiger partial charge in [-0.3, -0.25) is 0 Å². The Bertz CT molecular complexity index is 1060. The van der Waals surface area contributed by atoms with Crippen LogP contribution in [-0.4, -0.2) is 32.8 Å². The molecule has 0 saturated heterocycles. The van der Waals surface area contributed by atoms with Crippen LogP contribution in [0.25, 0.3) is 0 Å². The van der Waals surface area contributed by atoms with Crippen LogP contribution in [0.1, 0.15) is 16.7 Å². The van der Waals surface area contributed by atoms with E-state index in [4.69, 9.17) is 0 Å². The van der Waals surface area contributed by atoms with Crippen molar-refractivity contribution in [3.63, 3.8) is 0 Å². The van der Waals surface area contributed by atoms with Gasteiger partial charge in [0.05, 0.1) is 4.90 Å². The number of thioether (sulfide) groups is 1. The third-order valence-electron chi connectivity index (χ3n) is 4.10. The summed E-state index contributed by atoms with van der Waals surface area (Å²) in [5.74, 6) is -1.62. The smallest absolute Gasteiger partial charge is 0.405 e. The fourth-order valence-electron chi connectivity index (χ4n) is 3.01. The summed E-state index contributed by atoms with van der Waals surface area (Å²) in [7, 11) is -4.57. The van der Waals surface area contributed by atoms with Crippen LogP contribution in [0.4, 0.5) is 26.3 Å². The van der Waals surface area contributed by atoms with Gasteiger partial charge in [0.2, 0.25) is 10.0 Å². The quantitative estimate of drug-likeness (QED) is 0.317. The van der Waals surface area contributed by atoms with Crippen LogP contribution in [0.2, 0.25) is 0 Å². The second-order valence-corrected chi connectivity index (χ2v) is 10.5. The Kier molecular flexibility index (Phi) is 8.22. The summed E-state index contributed by atoms with van der Waals surface area (Å²) in [6.07, 6.45) is -10.0. The summed E-state index contributed by atoms with van der Waals surface area (Å²) >= 11 is 3.36. The Morgan fingerprint density at radius 2 is 1.59 bits per heavy atom. The topological polar surface area (TPSA) is 55.4 Å². The molecule has 2 rings (SSSR count). The van der Waals surface area contributed by atoms with Gasteiger partial charge in [0.1, 0.15) is 11.8 Å². The lowest BCUT2D eigenvalue weighted by Crippen LogP contribution is -2.47. The van der Waals surface area contributed by atoms with Crippen molar-refractivity contribution in [3.8, 4) is 5.75 Å². The molecule has 0 aliphatic rings. The van der Waals surface area contributed by atoms with Crippen LogP contribution >= 0.6 is 27.7 Å². The van der Waals surface area contributed by atoms with E-state index in [1.807, 2.05) is 0 Å². The zero-order valence-electron chi connectivity index (χ0n) is 16.9. The second kappa shape index (κ2) is 9.82. The highest BCUT2D eigenvalue weighted by atomic mass is 79.9. The highest BCUT2D eigenvalue weighted by Gasteiger charge is 2.43. The van der Waals surface area contributed by atoms with Gasteiger partial charge in [-0.2, -0.15) is 17.9 Å². The number of sulfonamides is 1. The molecule has 0 bridgehead atoms. The average molecular weight is 566 g/mol. The van der Waals surface area contributed by atoms with E-state index in [2.05, 4.69) is 20.7 Å². The normalized spacial score (nSPS) is 13.8. The molecule has 1 N–H and O–H groups in total. The largest absolute Gasteiger partial charge is 0.573 e. The van der Waals surface area contributed by atoms with Crippen molar-refractivity contribution in [2.45, 2.75) is 49.1 Å². The molecule has 0 fully saturated rings. The standard InChI is InChI=1S/C19H18BrF6NO3S2/c1-10-6-11(2)17(12(3)7-10)32(28,29)27-16(18(21,22)23)9-31-15-5-4-13(20)8-14(15)30-19(24,25)26/h4-8,16,27H,9H2,1-3H3. The maximum Gasteiger partial charge on any atom is 0.573 e. The number of hydrogen-bond donors (Lipinski definition) is 1. The molecule has 4 nitrogen and oxygen atoms in total. The van der Waals surface area contributed by atoms with E-state index < -0.39 is 40.1 Å². The van der Waals surface area contributed by atoms with Gasteiger partial charge < -0.3 is 4.74 Å². The molecule has 0 aliphatic carbocycles. The third-order valence-corrected chi connectivity index (χ3v) is 7.52. The molecule has 2 aromatic carbocycles. The first-order chi connectivity index (χ1) is 14.5. The molecule has 2 aromatic rings. The third kappa shape index (κ3) is 7.29. The molecule has 0 radical (unpaired) electrons. The highest BCUT2D eigenvalue weighted by Crippen LogP contribution is 2.37. The predicted molar refractivity (Wildman–Crippen MR) is 112 cm³/mol. The van der Waals surface area contributed by atoms with Crippen LogP contribution in [0.15, 0.2) is 44.6 Å². The minimum atomic E-state index is -5.05. The van der Waals surface area contributed by atoms with Crippen molar-refractivity contribution in [1.29, 1.82) is 0 Å². The van der Waals surface area contributed by atoms with Gasteiger partial charge in [-0.25, -0.2) is 8.42 Å². The van der Waals surface area contributed by atoms with Gasteiger partial charge >= 0.3 is 12.5 Å². The molecule has 0 amide bonds. The summed E-state index contributed by atoms with van der Waals surface area (Å²) in [5.41, 5.74) is 1.30. The summed E-state index contributed by atoms with van der Waals surface area (Å²) in [5, 5.41) is 0. The van der Waals surface area contributed by atoms with Crippen LogP contribution in [0, 0.1) is 20.8 Å². The van der Waals surface area contributed by atoms with Crippen LogP contribution in [-0.2, 0) is 10.0 Å². The molecule has 0 spiro atoms. The summed E-state index contributed by atoms with van der Waals surface area (Å²) in [6, 6.07) is 3.94. The van der Waals surface area contributed by atoms with E-state index in [1.165, 1.54) is 32.0 Å². The van der Waals surface area contributed by atoms with Gasteiger partial charge in [-0.1, -0.05) is 33.6 Å². The first-order valence-electron chi connectivity index (χ1n) is 8.84. The Labute approximate surface area is 193 Å². The molecular formula is C19H18BrF6NO3S2. The van der Waals surface area contributed by atoms with E-state index in [9.17, 15) is 34.8 Å². The van der Waals surface area contributed by atoms with E-state index in [0.29, 0.717) is 11.8 Å². The lowest BCUT2D eigenvalue weighted by Gasteiger charge is -2.23. The van der Waals surface area contributed by atoms with Gasteiger partial charge in [0, 0.05) is 15.1 Å². The SMILES string of the molecule is Cc1cc(C)c(S(=O)(=O)NC(CSc2ccc(Br)cc2OC(F)(F)F)C(F)(F)F)c(C)c1. The maximum atomic E-state index is 13.6. The molecule has 13 heteroatoms. The first-order valence-corrected chi connectivity index (χ1v) is 12.1. The lowest BCUT2D eigenvalue weighted by molar-refractivity contribution is -0.275. The summed E-state index contributed by atoms with van der Waals surface area (Å²) < 4.78 is 110. The molecule has 0 aromatic heterocycles. The fourth-order valence-corrected chi connectivity index (χ4v) is 6.16. The number of benzene rings is 2. The predicted octanol–water partition coefficient (Wildman–Crippen LogP) is 6.27. The van der Waals surface area contributed by atoms with Gasteiger partial charge in [-0.05, 0) is 50.1 Å². The van der Waals surface area contributed by atoms with Crippen molar-refractivity contribution in [2.75, 3.05) is 5.75 Å². The Morgan fingerprint density at radius 1 is 1.03 bits per heavy atom. The monoisotopic (exact) mass is 565 g/mol. The number of rotatable bonds is 7. The van der Waals surface area contributed by atoms with Crippen molar-refractivity contribution >= 4 is 37.7 Å². The zero-order chi connectivity index (χ0) is 24.5. The Morgan fingerprint density at radius 3 is 2.09 bits per heavy atom. The number of halogens is 7. The van der Waals surface area contributed by atoms with Crippen LogP contribution in [0.3, 0.4) is 0 Å².